The van der Waals surface area contributed by atoms with E-state index in [-0.39, 0.29) is 0 Å². The van der Waals surface area contributed by atoms with Crippen molar-refractivity contribution in [3.8, 4) is 0 Å². The Labute approximate surface area is 216 Å². The van der Waals surface area contributed by atoms with Gasteiger partial charge in [0.1, 0.15) is 6.54 Å². The summed E-state index contributed by atoms with van der Waals surface area (Å²) in [5, 5.41) is 0. The number of hydrogen-bond donors (Lipinski definition) is 1. The van der Waals surface area contributed by atoms with Crippen molar-refractivity contribution in [2.75, 3.05) is 19.3 Å². The topological polar surface area (TPSA) is 30.5 Å². The Kier molecular flexibility index (Phi) is 10.3. The average molecular weight is 492 g/mol. The number of quaternary nitrogens is 1. The number of nitrogens with one attached hydrogen (secondary N) is 1. The van der Waals surface area contributed by atoms with E-state index in [1.54, 1.807) is 16.7 Å². The number of rotatable bonds is 7. The standard InChI is InChI=1S/C24H34N2O.C7H8S/c1-2-19-13-15-26(16-14-19)18-22-17-25-24(27-22)23(20-9-5-3-6-10-20)21-11-7-4-8-12-21;1-8-7-5-3-2-4-6-7/h3,5-6,9-10,17,19,21,23H,2,4,7-8,11-16,18H2,1H3;2-6H,1H3/p+1. The number of thioether (sulfide) groups is 1. The van der Waals surface area contributed by atoms with Crippen LogP contribution in [0.4, 0.5) is 0 Å². The molecule has 2 fully saturated rings. The second kappa shape index (κ2) is 13.9. The Hall–Kier alpha value is -2.04. The van der Waals surface area contributed by atoms with Gasteiger partial charge in [-0.05, 0) is 61.5 Å². The number of hydrogen-bond acceptors (Lipinski definition) is 3. The van der Waals surface area contributed by atoms with E-state index in [4.69, 9.17) is 9.40 Å². The van der Waals surface area contributed by atoms with Gasteiger partial charge in [0.05, 0.1) is 25.2 Å². The van der Waals surface area contributed by atoms with Crippen molar-refractivity contribution < 1.29 is 9.32 Å². The van der Waals surface area contributed by atoms with Crippen LogP contribution < -0.4 is 4.90 Å². The monoisotopic (exact) mass is 491 g/mol. The van der Waals surface area contributed by atoms with Gasteiger partial charge in [-0.3, -0.25) is 0 Å². The van der Waals surface area contributed by atoms with Crippen LogP contribution in [-0.4, -0.2) is 24.3 Å². The third-order valence-electron chi connectivity index (χ3n) is 7.91. The van der Waals surface area contributed by atoms with Gasteiger partial charge in [-0.25, -0.2) is 4.98 Å². The lowest BCUT2D eigenvalue weighted by atomic mass is 9.77. The lowest BCUT2D eigenvalue weighted by Gasteiger charge is -2.29. The highest BCUT2D eigenvalue weighted by atomic mass is 32.2. The van der Waals surface area contributed by atoms with Crippen LogP contribution >= 0.6 is 11.8 Å². The van der Waals surface area contributed by atoms with E-state index in [2.05, 4.69) is 55.6 Å². The molecule has 1 aliphatic carbocycles. The van der Waals surface area contributed by atoms with Gasteiger partial charge < -0.3 is 9.32 Å². The molecule has 1 atom stereocenters. The van der Waals surface area contributed by atoms with E-state index in [0.717, 1.165) is 24.1 Å². The summed E-state index contributed by atoms with van der Waals surface area (Å²) in [7, 11) is 0. The fourth-order valence-corrected chi connectivity index (χ4v) is 6.20. The first kappa shape index (κ1) is 26.0. The molecule has 1 aromatic heterocycles. The Balaban J connectivity index is 0.000000308. The first-order chi connectivity index (χ1) is 17.3. The maximum absolute atomic E-state index is 6.38. The molecule has 1 saturated carbocycles. The Morgan fingerprint density at radius 3 is 2.17 bits per heavy atom. The zero-order valence-electron chi connectivity index (χ0n) is 21.6. The predicted molar refractivity (Wildman–Crippen MR) is 147 cm³/mol. The molecular formula is C31H43N2OS+. The summed E-state index contributed by atoms with van der Waals surface area (Å²) < 4.78 is 6.38. The minimum absolute atomic E-state index is 0.320. The van der Waals surface area contributed by atoms with Crippen molar-refractivity contribution in [2.45, 2.75) is 75.6 Å². The van der Waals surface area contributed by atoms with Crippen molar-refractivity contribution >= 4 is 11.8 Å². The van der Waals surface area contributed by atoms with Gasteiger partial charge in [0.15, 0.2) is 5.76 Å². The number of piperidine rings is 1. The van der Waals surface area contributed by atoms with Crippen LogP contribution in [0, 0.1) is 11.8 Å². The molecular weight excluding hydrogens is 448 g/mol. The number of nitrogens with zero attached hydrogens (tertiary/aromatic N) is 1. The molecule has 0 spiro atoms. The minimum Gasteiger partial charge on any atom is -0.439 e. The Morgan fingerprint density at radius 2 is 1.57 bits per heavy atom. The summed E-state index contributed by atoms with van der Waals surface area (Å²) >= 11 is 1.77. The smallest absolute Gasteiger partial charge is 0.202 e. The number of likely N-dealkylation sites (tertiary alicyclic amines) is 1. The van der Waals surface area contributed by atoms with Gasteiger partial charge in [0.25, 0.3) is 0 Å². The van der Waals surface area contributed by atoms with Gasteiger partial charge in [-0.2, -0.15) is 0 Å². The largest absolute Gasteiger partial charge is 0.439 e. The Bertz CT molecular complexity index is 960. The summed E-state index contributed by atoms with van der Waals surface area (Å²) in [5.74, 6) is 3.95. The summed E-state index contributed by atoms with van der Waals surface area (Å²) in [6.07, 6.45) is 14.8. The third kappa shape index (κ3) is 7.72. The Morgan fingerprint density at radius 1 is 0.914 bits per heavy atom. The summed E-state index contributed by atoms with van der Waals surface area (Å²) in [6.45, 7) is 5.88. The second-order valence-corrected chi connectivity index (χ2v) is 11.1. The number of oxazole rings is 1. The van der Waals surface area contributed by atoms with Gasteiger partial charge in [0.2, 0.25) is 5.89 Å². The minimum atomic E-state index is 0.320. The first-order valence-corrected chi connectivity index (χ1v) is 14.9. The van der Waals surface area contributed by atoms with E-state index < -0.39 is 0 Å². The predicted octanol–water partition coefficient (Wildman–Crippen LogP) is 7.00. The van der Waals surface area contributed by atoms with Gasteiger partial charge in [0, 0.05) is 4.90 Å². The normalized spacial score (nSPS) is 21.7. The second-order valence-electron chi connectivity index (χ2n) is 10.2. The van der Waals surface area contributed by atoms with Crippen LogP contribution in [0.15, 0.2) is 76.2 Å². The molecule has 3 nitrogen and oxygen atoms in total. The van der Waals surface area contributed by atoms with Crippen LogP contribution in [0.3, 0.4) is 0 Å². The molecule has 2 aliphatic rings. The molecule has 0 amide bonds. The summed E-state index contributed by atoms with van der Waals surface area (Å²) in [6, 6.07) is 21.2. The molecule has 1 N–H and O–H groups in total. The molecule has 0 radical (unpaired) electrons. The van der Waals surface area contributed by atoms with Crippen molar-refractivity contribution in [1.29, 1.82) is 0 Å². The fraction of sp³-hybridized carbons (Fsp3) is 0.516. The van der Waals surface area contributed by atoms with E-state index in [1.165, 1.54) is 74.9 Å². The van der Waals surface area contributed by atoms with Crippen LogP contribution in [-0.2, 0) is 6.54 Å². The highest BCUT2D eigenvalue weighted by molar-refractivity contribution is 7.98. The van der Waals surface area contributed by atoms with E-state index in [1.807, 2.05) is 24.4 Å². The molecule has 5 rings (SSSR count). The molecule has 35 heavy (non-hydrogen) atoms. The van der Waals surface area contributed by atoms with Gasteiger partial charge >= 0.3 is 0 Å². The van der Waals surface area contributed by atoms with Crippen LogP contribution in [0.5, 0.6) is 0 Å². The SMILES string of the molecule is CCC1CC[NH+](Cc2cnc(C(c3ccccc3)C3CCCCC3)o2)CC1.CSc1ccccc1. The van der Waals surface area contributed by atoms with Crippen molar-refractivity contribution in [2.24, 2.45) is 11.8 Å². The van der Waals surface area contributed by atoms with Crippen LogP contribution in [0.25, 0.3) is 0 Å². The number of aromatic nitrogens is 1. The molecule has 2 aromatic carbocycles. The molecule has 1 aliphatic heterocycles. The van der Waals surface area contributed by atoms with Gasteiger partial charge in [-0.1, -0.05) is 81.1 Å². The highest BCUT2D eigenvalue weighted by Crippen LogP contribution is 2.40. The van der Waals surface area contributed by atoms with Crippen LogP contribution in [0.1, 0.15) is 81.4 Å². The molecule has 0 bridgehead atoms. The quantitative estimate of drug-likeness (QED) is 0.361. The van der Waals surface area contributed by atoms with Crippen molar-refractivity contribution in [3.05, 3.63) is 84.1 Å². The molecule has 2 heterocycles. The summed E-state index contributed by atoms with van der Waals surface area (Å²) in [4.78, 5) is 7.77. The molecule has 3 aromatic rings. The first-order valence-electron chi connectivity index (χ1n) is 13.7. The van der Waals surface area contributed by atoms with Crippen molar-refractivity contribution in [3.63, 3.8) is 0 Å². The zero-order chi connectivity index (χ0) is 24.3. The van der Waals surface area contributed by atoms with Gasteiger partial charge in [-0.15, -0.1) is 11.8 Å². The molecule has 188 valence electrons. The maximum Gasteiger partial charge on any atom is 0.202 e. The maximum atomic E-state index is 6.38. The zero-order valence-corrected chi connectivity index (χ0v) is 22.4. The highest BCUT2D eigenvalue weighted by Gasteiger charge is 2.31. The third-order valence-corrected chi connectivity index (χ3v) is 8.65. The van der Waals surface area contributed by atoms with Crippen LogP contribution in [0.2, 0.25) is 0 Å². The molecule has 1 unspecified atom stereocenters. The molecule has 1 saturated heterocycles. The lowest BCUT2D eigenvalue weighted by Crippen LogP contribution is -3.11. The average Bonchev–Trinajstić information content (AvgIpc) is 3.39. The molecule has 4 heteroatoms. The van der Waals surface area contributed by atoms with E-state index >= 15 is 0 Å². The number of benzene rings is 2. The summed E-state index contributed by atoms with van der Waals surface area (Å²) in [5.41, 5.74) is 1.37. The van der Waals surface area contributed by atoms with Crippen molar-refractivity contribution in [1.82, 2.24) is 4.98 Å². The fourth-order valence-electron chi connectivity index (χ4n) is 5.77. The lowest BCUT2D eigenvalue weighted by molar-refractivity contribution is -0.920. The van der Waals surface area contributed by atoms with E-state index in [9.17, 15) is 0 Å². The van der Waals surface area contributed by atoms with E-state index in [0.29, 0.717) is 11.8 Å².